The third-order valence-corrected chi connectivity index (χ3v) is 3.89. The molecule has 0 saturated carbocycles. The zero-order valence-corrected chi connectivity index (χ0v) is 10.8. The molecule has 0 radical (unpaired) electrons. The summed E-state index contributed by atoms with van der Waals surface area (Å²) in [6.07, 6.45) is 0. The number of hydrogen-bond donors (Lipinski definition) is 0. The Morgan fingerprint density at radius 3 is 2.82 bits per heavy atom. The van der Waals surface area contributed by atoms with Crippen molar-refractivity contribution >= 4 is 33.7 Å². The van der Waals surface area contributed by atoms with E-state index in [9.17, 15) is 0 Å². The van der Waals surface area contributed by atoms with E-state index in [1.54, 1.807) is 11.3 Å². The van der Waals surface area contributed by atoms with E-state index in [0.717, 1.165) is 21.3 Å². The van der Waals surface area contributed by atoms with Gasteiger partial charge in [-0.1, -0.05) is 41.4 Å². The Morgan fingerprint density at radius 1 is 1.18 bits per heavy atom. The summed E-state index contributed by atoms with van der Waals surface area (Å²) in [5.74, 6) is 0. The maximum atomic E-state index is 6.22. The van der Waals surface area contributed by atoms with Gasteiger partial charge in [0.15, 0.2) is 0 Å². The van der Waals surface area contributed by atoms with E-state index in [1.807, 2.05) is 17.5 Å². The van der Waals surface area contributed by atoms with Gasteiger partial charge < -0.3 is 0 Å². The Labute approximate surface area is 109 Å². The molecule has 2 aromatic heterocycles. The lowest BCUT2D eigenvalue weighted by Crippen LogP contribution is -1.85. The number of nitrogens with zero attached hydrogens (tertiary/aromatic N) is 1. The van der Waals surface area contributed by atoms with Crippen molar-refractivity contribution in [2.45, 2.75) is 6.92 Å². The number of halogens is 1. The summed E-state index contributed by atoms with van der Waals surface area (Å²) in [5, 5.41) is 4.78. The van der Waals surface area contributed by atoms with E-state index in [1.165, 1.54) is 5.56 Å². The van der Waals surface area contributed by atoms with E-state index in [2.05, 4.69) is 36.2 Å². The van der Waals surface area contributed by atoms with Gasteiger partial charge in [0.1, 0.15) is 5.15 Å². The molecule has 0 amide bonds. The third-order valence-electron chi connectivity index (χ3n) is 2.71. The Kier molecular flexibility index (Phi) is 2.61. The number of benzene rings is 1. The van der Waals surface area contributed by atoms with E-state index in [-0.39, 0.29) is 0 Å². The van der Waals surface area contributed by atoms with Crippen LogP contribution >= 0.6 is 22.9 Å². The molecule has 3 heteroatoms. The SMILES string of the molecule is Cc1ccc2c(Cl)nc(-c3cccs3)cc2c1. The van der Waals surface area contributed by atoms with Crippen LogP contribution in [0.25, 0.3) is 21.3 Å². The van der Waals surface area contributed by atoms with Crippen molar-refractivity contribution in [3.05, 3.63) is 52.5 Å². The lowest BCUT2D eigenvalue weighted by atomic mass is 10.1. The zero-order valence-electron chi connectivity index (χ0n) is 9.27. The quantitative estimate of drug-likeness (QED) is 0.565. The summed E-state index contributed by atoms with van der Waals surface area (Å²) >= 11 is 7.90. The van der Waals surface area contributed by atoms with Crippen molar-refractivity contribution in [1.82, 2.24) is 4.98 Å². The van der Waals surface area contributed by atoms with Crippen LogP contribution in [0.5, 0.6) is 0 Å². The lowest BCUT2D eigenvalue weighted by Gasteiger charge is -2.04. The molecule has 0 atom stereocenters. The largest absolute Gasteiger partial charge is 0.235 e. The molecular formula is C14H10ClNS. The first-order valence-electron chi connectivity index (χ1n) is 5.35. The number of fused-ring (bicyclic) bond motifs is 1. The van der Waals surface area contributed by atoms with Crippen molar-refractivity contribution in [3.8, 4) is 10.6 Å². The second kappa shape index (κ2) is 4.13. The number of hydrogen-bond acceptors (Lipinski definition) is 2. The molecule has 3 aromatic rings. The highest BCUT2D eigenvalue weighted by molar-refractivity contribution is 7.13. The highest BCUT2D eigenvalue weighted by Gasteiger charge is 2.06. The van der Waals surface area contributed by atoms with Gasteiger partial charge in [-0.15, -0.1) is 11.3 Å². The molecule has 3 rings (SSSR count). The number of rotatable bonds is 1. The fourth-order valence-electron chi connectivity index (χ4n) is 1.89. The molecule has 0 aliphatic carbocycles. The van der Waals surface area contributed by atoms with Gasteiger partial charge >= 0.3 is 0 Å². The monoisotopic (exact) mass is 259 g/mol. The number of pyridine rings is 1. The minimum atomic E-state index is 0.575. The molecule has 2 heterocycles. The Morgan fingerprint density at radius 2 is 2.06 bits per heavy atom. The van der Waals surface area contributed by atoms with Crippen LogP contribution in [0.3, 0.4) is 0 Å². The Balaban J connectivity index is 2.29. The second-order valence-electron chi connectivity index (χ2n) is 4.00. The van der Waals surface area contributed by atoms with Crippen LogP contribution in [-0.4, -0.2) is 4.98 Å². The smallest absolute Gasteiger partial charge is 0.137 e. The molecule has 0 bridgehead atoms. The molecule has 0 aliphatic rings. The second-order valence-corrected chi connectivity index (χ2v) is 5.31. The number of aromatic nitrogens is 1. The fraction of sp³-hybridized carbons (Fsp3) is 0.0714. The van der Waals surface area contributed by atoms with Crippen LogP contribution < -0.4 is 0 Å². The molecule has 0 spiro atoms. The molecule has 0 saturated heterocycles. The lowest BCUT2D eigenvalue weighted by molar-refractivity contribution is 1.37. The zero-order chi connectivity index (χ0) is 11.8. The van der Waals surface area contributed by atoms with Gasteiger partial charge in [-0.25, -0.2) is 4.98 Å². The summed E-state index contributed by atoms with van der Waals surface area (Å²) in [7, 11) is 0. The van der Waals surface area contributed by atoms with Crippen molar-refractivity contribution in [3.63, 3.8) is 0 Å². The molecule has 1 aromatic carbocycles. The third kappa shape index (κ3) is 1.94. The van der Waals surface area contributed by atoms with Gasteiger partial charge in [0.2, 0.25) is 0 Å². The molecule has 0 N–H and O–H groups in total. The maximum Gasteiger partial charge on any atom is 0.137 e. The molecule has 0 fully saturated rings. The Hall–Kier alpha value is -1.38. The van der Waals surface area contributed by atoms with Gasteiger partial charge in [0.05, 0.1) is 10.6 Å². The predicted molar refractivity (Wildman–Crippen MR) is 74.8 cm³/mol. The summed E-state index contributed by atoms with van der Waals surface area (Å²) in [6, 6.07) is 12.4. The van der Waals surface area contributed by atoms with Crippen LogP contribution in [0.2, 0.25) is 5.15 Å². The van der Waals surface area contributed by atoms with Crippen molar-refractivity contribution in [2.24, 2.45) is 0 Å². The van der Waals surface area contributed by atoms with Gasteiger partial charge in [-0.3, -0.25) is 0 Å². The molecule has 0 unspecified atom stereocenters. The van der Waals surface area contributed by atoms with E-state index in [0.29, 0.717) is 5.15 Å². The highest BCUT2D eigenvalue weighted by Crippen LogP contribution is 2.30. The van der Waals surface area contributed by atoms with Crippen molar-refractivity contribution < 1.29 is 0 Å². The minimum Gasteiger partial charge on any atom is -0.235 e. The molecular weight excluding hydrogens is 250 g/mol. The number of aryl methyl sites for hydroxylation is 1. The first-order valence-corrected chi connectivity index (χ1v) is 6.60. The van der Waals surface area contributed by atoms with E-state index >= 15 is 0 Å². The molecule has 1 nitrogen and oxygen atoms in total. The standard InChI is InChI=1S/C14H10ClNS/c1-9-4-5-11-10(7-9)8-12(16-14(11)15)13-3-2-6-17-13/h2-8H,1H3. The molecule has 84 valence electrons. The van der Waals surface area contributed by atoms with E-state index in [4.69, 9.17) is 11.6 Å². The summed E-state index contributed by atoms with van der Waals surface area (Å²) < 4.78 is 0. The van der Waals surface area contributed by atoms with Crippen LogP contribution in [0.4, 0.5) is 0 Å². The van der Waals surface area contributed by atoms with Crippen molar-refractivity contribution in [2.75, 3.05) is 0 Å². The van der Waals surface area contributed by atoms with Crippen LogP contribution in [0.15, 0.2) is 41.8 Å². The molecule has 0 aliphatic heterocycles. The normalized spacial score (nSPS) is 10.9. The van der Waals surface area contributed by atoms with E-state index < -0.39 is 0 Å². The first-order chi connectivity index (χ1) is 8.24. The summed E-state index contributed by atoms with van der Waals surface area (Å²) in [4.78, 5) is 5.60. The maximum absolute atomic E-state index is 6.22. The van der Waals surface area contributed by atoms with Crippen LogP contribution in [-0.2, 0) is 0 Å². The van der Waals surface area contributed by atoms with Gasteiger partial charge in [0, 0.05) is 5.39 Å². The summed E-state index contributed by atoms with van der Waals surface area (Å²) in [5.41, 5.74) is 2.18. The van der Waals surface area contributed by atoms with Gasteiger partial charge in [-0.2, -0.15) is 0 Å². The molecule has 17 heavy (non-hydrogen) atoms. The van der Waals surface area contributed by atoms with Crippen LogP contribution in [0, 0.1) is 6.92 Å². The topological polar surface area (TPSA) is 12.9 Å². The average Bonchev–Trinajstić information content (AvgIpc) is 2.81. The fourth-order valence-corrected chi connectivity index (χ4v) is 2.83. The predicted octanol–water partition coefficient (Wildman–Crippen LogP) is 4.93. The number of thiophene rings is 1. The Bertz CT molecular complexity index is 674. The summed E-state index contributed by atoms with van der Waals surface area (Å²) in [6.45, 7) is 2.08. The van der Waals surface area contributed by atoms with Gasteiger partial charge in [-0.05, 0) is 29.8 Å². The minimum absolute atomic E-state index is 0.575. The first kappa shape index (κ1) is 10.8. The van der Waals surface area contributed by atoms with Gasteiger partial charge in [0.25, 0.3) is 0 Å². The highest BCUT2D eigenvalue weighted by atomic mass is 35.5. The average molecular weight is 260 g/mol. The van der Waals surface area contributed by atoms with Crippen LogP contribution in [0.1, 0.15) is 5.56 Å². The van der Waals surface area contributed by atoms with Crippen molar-refractivity contribution in [1.29, 1.82) is 0 Å².